The van der Waals surface area contributed by atoms with E-state index in [0.29, 0.717) is 11.7 Å². The quantitative estimate of drug-likeness (QED) is 0.624. The van der Waals surface area contributed by atoms with Gasteiger partial charge in [0.15, 0.2) is 5.16 Å². The Balaban J connectivity index is 1.62. The highest BCUT2D eigenvalue weighted by Gasteiger charge is 2.14. The van der Waals surface area contributed by atoms with Crippen LogP contribution in [0.3, 0.4) is 0 Å². The van der Waals surface area contributed by atoms with Crippen molar-refractivity contribution in [3.8, 4) is 5.69 Å². The van der Waals surface area contributed by atoms with Crippen molar-refractivity contribution in [1.29, 1.82) is 0 Å². The van der Waals surface area contributed by atoms with E-state index < -0.39 is 0 Å². The molecule has 3 rings (SSSR count). The summed E-state index contributed by atoms with van der Waals surface area (Å²) in [5.74, 6) is -0.0603. The fraction of sp³-hybridized carbons (Fsp3) is 0.211. The monoisotopic (exact) mass is 370 g/mol. The number of aryl methyl sites for hydroxylation is 1. The number of hydrogen-bond acceptors (Lipinski definition) is 4. The minimum Gasteiger partial charge on any atom is -0.341 e. The summed E-state index contributed by atoms with van der Waals surface area (Å²) in [6.07, 6.45) is 1.65. The summed E-state index contributed by atoms with van der Waals surface area (Å²) >= 11 is 1.34. The Hall–Kier alpha value is -2.67. The smallest absolute Gasteiger partial charge is 0.233 e. The number of aromatic nitrogens is 3. The van der Waals surface area contributed by atoms with Gasteiger partial charge in [-0.15, -0.1) is 10.2 Å². The molecule has 2 aromatic carbocycles. The van der Waals surface area contributed by atoms with Crippen LogP contribution in [0.1, 0.15) is 11.1 Å². The van der Waals surface area contributed by atoms with Crippen LogP contribution in [0.4, 0.5) is 4.39 Å². The number of carbonyl (C=O) groups excluding carboxylic acids is 1. The van der Waals surface area contributed by atoms with Crippen molar-refractivity contribution in [1.82, 2.24) is 19.7 Å². The van der Waals surface area contributed by atoms with Gasteiger partial charge < -0.3 is 4.90 Å². The Labute approximate surface area is 155 Å². The van der Waals surface area contributed by atoms with Crippen molar-refractivity contribution < 1.29 is 9.18 Å². The van der Waals surface area contributed by atoms with E-state index in [-0.39, 0.29) is 17.5 Å². The molecule has 0 unspecified atom stereocenters. The fourth-order valence-corrected chi connectivity index (χ4v) is 3.37. The van der Waals surface area contributed by atoms with Gasteiger partial charge in [-0.25, -0.2) is 4.39 Å². The SMILES string of the molecule is Cc1ccccc1-n1cnnc1SCC(=O)N(C)Cc1ccc(F)cc1. The second-order valence-corrected chi connectivity index (χ2v) is 6.88. The van der Waals surface area contributed by atoms with Gasteiger partial charge in [-0.2, -0.15) is 0 Å². The molecule has 1 aromatic heterocycles. The Morgan fingerprint density at radius 1 is 1.19 bits per heavy atom. The first kappa shape index (κ1) is 18.1. The lowest BCUT2D eigenvalue weighted by molar-refractivity contribution is -0.127. The summed E-state index contributed by atoms with van der Waals surface area (Å²) < 4.78 is 14.8. The molecule has 0 aliphatic carbocycles. The zero-order chi connectivity index (χ0) is 18.5. The number of para-hydroxylation sites is 1. The van der Waals surface area contributed by atoms with Crippen molar-refractivity contribution in [2.24, 2.45) is 0 Å². The van der Waals surface area contributed by atoms with Gasteiger partial charge in [0.25, 0.3) is 0 Å². The molecule has 134 valence electrons. The lowest BCUT2D eigenvalue weighted by atomic mass is 10.2. The van der Waals surface area contributed by atoms with E-state index in [1.165, 1.54) is 23.9 Å². The molecule has 1 amide bonds. The van der Waals surface area contributed by atoms with E-state index in [2.05, 4.69) is 10.2 Å². The summed E-state index contributed by atoms with van der Waals surface area (Å²) in [5, 5.41) is 8.76. The number of amides is 1. The van der Waals surface area contributed by atoms with Crippen molar-refractivity contribution in [2.45, 2.75) is 18.6 Å². The largest absolute Gasteiger partial charge is 0.341 e. The minimum absolute atomic E-state index is 0.0290. The molecule has 0 aliphatic heterocycles. The van der Waals surface area contributed by atoms with E-state index in [1.54, 1.807) is 30.4 Å². The number of nitrogens with zero attached hydrogens (tertiary/aromatic N) is 4. The van der Waals surface area contributed by atoms with E-state index >= 15 is 0 Å². The average molecular weight is 370 g/mol. The second kappa shape index (κ2) is 8.14. The summed E-state index contributed by atoms with van der Waals surface area (Å²) in [4.78, 5) is 14.0. The molecular weight excluding hydrogens is 351 g/mol. The number of carbonyl (C=O) groups is 1. The van der Waals surface area contributed by atoms with Crippen molar-refractivity contribution in [3.05, 3.63) is 71.8 Å². The van der Waals surface area contributed by atoms with Gasteiger partial charge in [-0.05, 0) is 36.2 Å². The van der Waals surface area contributed by atoms with Crippen molar-refractivity contribution in [2.75, 3.05) is 12.8 Å². The van der Waals surface area contributed by atoms with Gasteiger partial charge in [0.05, 0.1) is 11.4 Å². The third kappa shape index (κ3) is 4.29. The average Bonchev–Trinajstić information content (AvgIpc) is 3.10. The molecule has 0 bridgehead atoms. The molecule has 0 radical (unpaired) electrons. The molecule has 1 heterocycles. The summed E-state index contributed by atoms with van der Waals surface area (Å²) in [5.41, 5.74) is 2.98. The van der Waals surface area contributed by atoms with Crippen molar-refractivity contribution >= 4 is 17.7 Å². The van der Waals surface area contributed by atoms with Crippen LogP contribution >= 0.6 is 11.8 Å². The van der Waals surface area contributed by atoms with Crippen LogP contribution in [0.25, 0.3) is 5.69 Å². The molecule has 0 N–H and O–H groups in total. The van der Waals surface area contributed by atoms with E-state index in [1.807, 2.05) is 35.8 Å². The van der Waals surface area contributed by atoms with Crippen molar-refractivity contribution in [3.63, 3.8) is 0 Å². The summed E-state index contributed by atoms with van der Waals surface area (Å²) in [6.45, 7) is 2.45. The maximum atomic E-state index is 13.0. The molecule has 0 saturated heterocycles. The Morgan fingerprint density at radius 3 is 2.65 bits per heavy atom. The van der Waals surface area contributed by atoms with Crippen LogP contribution in [0, 0.1) is 12.7 Å². The van der Waals surface area contributed by atoms with E-state index in [4.69, 9.17) is 0 Å². The molecular formula is C19H19FN4OS. The molecule has 0 saturated carbocycles. The molecule has 0 aliphatic rings. The number of thioether (sulfide) groups is 1. The van der Waals surface area contributed by atoms with Gasteiger partial charge >= 0.3 is 0 Å². The molecule has 7 heteroatoms. The molecule has 0 spiro atoms. The Kier molecular flexibility index (Phi) is 5.68. The highest BCUT2D eigenvalue weighted by atomic mass is 32.2. The maximum absolute atomic E-state index is 13.0. The third-order valence-corrected chi connectivity index (χ3v) is 4.90. The van der Waals surface area contributed by atoms with E-state index in [9.17, 15) is 9.18 Å². The van der Waals surface area contributed by atoms with Crippen LogP contribution in [-0.4, -0.2) is 38.4 Å². The molecule has 0 atom stereocenters. The van der Waals surface area contributed by atoms with Crippen LogP contribution in [-0.2, 0) is 11.3 Å². The van der Waals surface area contributed by atoms with Crippen LogP contribution in [0.2, 0.25) is 0 Å². The molecule has 26 heavy (non-hydrogen) atoms. The number of halogens is 1. The first-order valence-corrected chi connectivity index (χ1v) is 9.10. The molecule has 0 fully saturated rings. The summed E-state index contributed by atoms with van der Waals surface area (Å²) in [7, 11) is 1.73. The molecule has 3 aromatic rings. The lowest BCUT2D eigenvalue weighted by Gasteiger charge is -2.17. The lowest BCUT2D eigenvalue weighted by Crippen LogP contribution is -2.27. The summed E-state index contributed by atoms with van der Waals surface area (Å²) in [6, 6.07) is 14.1. The number of hydrogen-bond donors (Lipinski definition) is 0. The number of benzene rings is 2. The predicted octanol–water partition coefficient (Wildman–Crippen LogP) is 3.47. The highest BCUT2D eigenvalue weighted by Crippen LogP contribution is 2.22. The second-order valence-electron chi connectivity index (χ2n) is 5.93. The minimum atomic E-state index is -0.283. The number of rotatable bonds is 6. The first-order chi connectivity index (χ1) is 12.5. The first-order valence-electron chi connectivity index (χ1n) is 8.12. The van der Waals surface area contributed by atoms with Gasteiger partial charge in [-0.3, -0.25) is 9.36 Å². The van der Waals surface area contributed by atoms with Gasteiger partial charge in [0.1, 0.15) is 12.1 Å². The fourth-order valence-electron chi connectivity index (χ4n) is 2.51. The topological polar surface area (TPSA) is 51.0 Å². The van der Waals surface area contributed by atoms with Crippen LogP contribution in [0.15, 0.2) is 60.0 Å². The third-order valence-electron chi connectivity index (χ3n) is 3.97. The Morgan fingerprint density at radius 2 is 1.92 bits per heavy atom. The van der Waals surface area contributed by atoms with Crippen LogP contribution < -0.4 is 0 Å². The Bertz CT molecular complexity index is 895. The molecule has 5 nitrogen and oxygen atoms in total. The standard InChI is InChI=1S/C19H19FN4OS/c1-14-5-3-4-6-17(14)24-13-21-22-19(24)26-12-18(25)23(2)11-15-7-9-16(20)10-8-15/h3-10,13H,11-12H2,1-2H3. The zero-order valence-corrected chi connectivity index (χ0v) is 15.4. The van der Waals surface area contributed by atoms with E-state index in [0.717, 1.165) is 16.8 Å². The van der Waals surface area contributed by atoms with Gasteiger partial charge in [0.2, 0.25) is 5.91 Å². The normalized spacial score (nSPS) is 10.7. The predicted molar refractivity (Wildman–Crippen MR) is 99.7 cm³/mol. The van der Waals surface area contributed by atoms with Gasteiger partial charge in [-0.1, -0.05) is 42.1 Å². The maximum Gasteiger partial charge on any atom is 0.233 e. The van der Waals surface area contributed by atoms with Gasteiger partial charge in [0, 0.05) is 13.6 Å². The highest BCUT2D eigenvalue weighted by molar-refractivity contribution is 7.99. The zero-order valence-electron chi connectivity index (χ0n) is 14.6. The van der Waals surface area contributed by atoms with Crippen LogP contribution in [0.5, 0.6) is 0 Å².